The Morgan fingerprint density at radius 2 is 0.900 bits per heavy atom. The number of rotatable bonds is 5. The van der Waals surface area contributed by atoms with Gasteiger partial charge in [0, 0.05) is 17.1 Å². The maximum atomic E-state index is 2.33. The molecule has 0 saturated heterocycles. The van der Waals surface area contributed by atoms with Crippen molar-refractivity contribution >= 4 is 51.9 Å². The smallest absolute Gasteiger partial charge is 0.139 e. The molecule has 0 amide bonds. The molecule has 7 aromatic carbocycles. The second-order valence-corrected chi connectivity index (χ2v) is 10.4. The lowest BCUT2D eigenvalue weighted by Crippen LogP contribution is -2.11. The molecule has 0 saturated carbocycles. The number of anilines is 3. The fourth-order valence-electron chi connectivity index (χ4n) is 5.58. The van der Waals surface area contributed by atoms with Crippen LogP contribution in [-0.2, 0) is 0 Å². The molecule has 0 unspecified atom stereocenters. The van der Waals surface area contributed by atoms with Gasteiger partial charge in [0.25, 0.3) is 0 Å². The van der Waals surface area contributed by atoms with Crippen molar-refractivity contribution in [2.24, 2.45) is 0 Å². The first-order chi connectivity index (χ1) is 19.7. The molecule has 0 heterocycles. The molecule has 0 aromatic heterocycles. The predicted molar refractivity (Wildman–Crippen MR) is 175 cm³/mol. The summed E-state index contributed by atoms with van der Waals surface area (Å²) in [4.78, 5) is 2.33. The fourth-order valence-corrected chi connectivity index (χ4v) is 5.58. The largest absolute Gasteiger partial charge is 0.311 e. The summed E-state index contributed by atoms with van der Waals surface area (Å²) >= 11 is 0. The van der Waals surface area contributed by atoms with Crippen LogP contribution in [0.3, 0.4) is 0 Å². The van der Waals surface area contributed by atoms with E-state index in [1.165, 1.54) is 49.3 Å². The zero-order valence-corrected chi connectivity index (χ0v) is 22.5. The Bertz CT molecular complexity index is 1930. The second-order valence-electron chi connectivity index (χ2n) is 10.4. The van der Waals surface area contributed by atoms with E-state index in [1.54, 1.807) is 0 Å². The molecule has 0 aliphatic rings. The average Bonchev–Trinajstić information content (AvgIpc) is 3.02. The minimum absolute atomic E-state index is 1.13. The van der Waals surface area contributed by atoms with Crippen LogP contribution >= 0.6 is 0 Å². The third kappa shape index (κ3) is 4.55. The lowest BCUT2D eigenvalue weighted by Gasteiger charge is -2.26. The van der Waals surface area contributed by atoms with E-state index in [-0.39, 0.29) is 0 Å². The molecular weight excluding hydrogens is 481 g/mol. The minimum atomic E-state index is 1.13. The third-order valence-electron chi connectivity index (χ3n) is 7.73. The molecular formula is C38H28BN. The van der Waals surface area contributed by atoms with Crippen molar-refractivity contribution in [2.75, 3.05) is 4.90 Å². The van der Waals surface area contributed by atoms with Crippen LogP contribution in [0.25, 0.3) is 43.8 Å². The van der Waals surface area contributed by atoms with Crippen LogP contribution < -0.4 is 10.4 Å². The summed E-state index contributed by atoms with van der Waals surface area (Å²) in [6, 6.07) is 56.9. The lowest BCUT2D eigenvalue weighted by molar-refractivity contribution is 1.29. The molecule has 0 N–H and O–H groups in total. The third-order valence-corrected chi connectivity index (χ3v) is 7.73. The van der Waals surface area contributed by atoms with Gasteiger partial charge in [-0.1, -0.05) is 121 Å². The molecule has 7 rings (SSSR count). The average molecular weight is 509 g/mol. The van der Waals surface area contributed by atoms with Crippen molar-refractivity contribution in [1.82, 2.24) is 0 Å². The van der Waals surface area contributed by atoms with Gasteiger partial charge in [0.05, 0.1) is 0 Å². The number of fused-ring (bicyclic) bond motifs is 2. The minimum Gasteiger partial charge on any atom is -0.311 e. The van der Waals surface area contributed by atoms with Crippen LogP contribution in [0.1, 0.15) is 0 Å². The van der Waals surface area contributed by atoms with Crippen LogP contribution in [0.5, 0.6) is 0 Å². The topological polar surface area (TPSA) is 3.24 Å². The molecule has 40 heavy (non-hydrogen) atoms. The Hall–Kier alpha value is -5.08. The van der Waals surface area contributed by atoms with Crippen molar-refractivity contribution in [3.63, 3.8) is 0 Å². The Labute approximate surface area is 236 Å². The van der Waals surface area contributed by atoms with Crippen LogP contribution in [0.4, 0.5) is 17.1 Å². The van der Waals surface area contributed by atoms with Crippen molar-refractivity contribution in [3.05, 3.63) is 158 Å². The van der Waals surface area contributed by atoms with E-state index < -0.39 is 0 Å². The highest BCUT2D eigenvalue weighted by atomic mass is 15.1. The number of hydrogen-bond donors (Lipinski definition) is 0. The summed E-state index contributed by atoms with van der Waals surface area (Å²) in [6.07, 6.45) is 0. The lowest BCUT2D eigenvalue weighted by atomic mass is 9.96. The molecule has 0 radical (unpaired) electrons. The molecule has 0 bridgehead atoms. The van der Waals surface area contributed by atoms with Gasteiger partial charge in [-0.3, -0.25) is 0 Å². The molecule has 7 aromatic rings. The van der Waals surface area contributed by atoms with Crippen LogP contribution in [0.2, 0.25) is 0 Å². The van der Waals surface area contributed by atoms with Gasteiger partial charge in [-0.25, -0.2) is 0 Å². The second kappa shape index (κ2) is 10.2. The number of hydrogen-bond acceptors (Lipinski definition) is 1. The molecule has 0 aliphatic heterocycles. The Morgan fingerprint density at radius 3 is 1.60 bits per heavy atom. The molecule has 0 aliphatic carbocycles. The molecule has 0 atom stereocenters. The zero-order chi connectivity index (χ0) is 26.9. The van der Waals surface area contributed by atoms with Crippen LogP contribution in [0.15, 0.2) is 158 Å². The van der Waals surface area contributed by atoms with Crippen LogP contribution in [0, 0.1) is 0 Å². The Kier molecular flexibility index (Phi) is 6.14. The number of benzene rings is 7. The quantitative estimate of drug-likeness (QED) is 0.209. The predicted octanol–water partition coefficient (Wildman–Crippen LogP) is 9.06. The molecule has 0 fully saturated rings. The molecule has 188 valence electrons. The maximum Gasteiger partial charge on any atom is 0.139 e. The maximum absolute atomic E-state index is 2.33. The zero-order valence-electron chi connectivity index (χ0n) is 22.5. The van der Waals surface area contributed by atoms with E-state index in [0.717, 1.165) is 17.1 Å². The van der Waals surface area contributed by atoms with Gasteiger partial charge < -0.3 is 4.90 Å². The van der Waals surface area contributed by atoms with Gasteiger partial charge in [-0.05, 0) is 86.3 Å². The van der Waals surface area contributed by atoms with E-state index in [4.69, 9.17) is 0 Å². The standard InChI is InChI=1S/C38H28BN/c39-33-18-24-36(25-19-33)40(34-20-14-28(15-21-34)32-13-12-27-6-1-2-8-31(27)26-32)35-22-16-30(17-23-35)38-11-5-9-29-7-3-4-10-37(29)38/h1-26H,39H2. The number of nitrogens with zero attached hydrogens (tertiary/aromatic N) is 1. The van der Waals surface area contributed by atoms with Gasteiger partial charge in [-0.15, -0.1) is 0 Å². The Morgan fingerprint density at radius 1 is 0.375 bits per heavy atom. The SMILES string of the molecule is Bc1ccc(N(c2ccc(-c3ccc4ccccc4c3)cc2)c2ccc(-c3cccc4ccccc34)cc2)cc1. The highest BCUT2D eigenvalue weighted by Gasteiger charge is 2.14. The normalized spacial score (nSPS) is 11.1. The molecule has 2 heteroatoms. The van der Waals surface area contributed by atoms with Crippen molar-refractivity contribution in [1.29, 1.82) is 0 Å². The van der Waals surface area contributed by atoms with E-state index in [9.17, 15) is 0 Å². The summed E-state index contributed by atoms with van der Waals surface area (Å²) in [7, 11) is 2.13. The Balaban J connectivity index is 1.27. The van der Waals surface area contributed by atoms with Crippen molar-refractivity contribution in [2.45, 2.75) is 0 Å². The van der Waals surface area contributed by atoms with Gasteiger partial charge in [0.1, 0.15) is 7.85 Å². The highest BCUT2D eigenvalue weighted by molar-refractivity contribution is 6.32. The summed E-state index contributed by atoms with van der Waals surface area (Å²) in [5.74, 6) is 0. The highest BCUT2D eigenvalue weighted by Crippen LogP contribution is 2.37. The summed E-state index contributed by atoms with van der Waals surface area (Å²) in [6.45, 7) is 0. The van der Waals surface area contributed by atoms with Gasteiger partial charge in [0.15, 0.2) is 0 Å². The van der Waals surface area contributed by atoms with Gasteiger partial charge in [-0.2, -0.15) is 0 Å². The first-order valence-corrected chi connectivity index (χ1v) is 13.8. The fraction of sp³-hybridized carbons (Fsp3) is 0. The summed E-state index contributed by atoms with van der Waals surface area (Å²) in [5.41, 5.74) is 9.57. The van der Waals surface area contributed by atoms with E-state index in [1.807, 2.05) is 0 Å². The van der Waals surface area contributed by atoms with Crippen molar-refractivity contribution in [3.8, 4) is 22.3 Å². The molecule has 1 nitrogen and oxygen atoms in total. The molecule has 0 spiro atoms. The first kappa shape index (κ1) is 24.0. The summed E-state index contributed by atoms with van der Waals surface area (Å²) < 4.78 is 0. The van der Waals surface area contributed by atoms with E-state index in [2.05, 4.69) is 170 Å². The van der Waals surface area contributed by atoms with E-state index in [0.29, 0.717) is 0 Å². The van der Waals surface area contributed by atoms with Crippen molar-refractivity contribution < 1.29 is 0 Å². The first-order valence-electron chi connectivity index (χ1n) is 13.8. The monoisotopic (exact) mass is 509 g/mol. The van der Waals surface area contributed by atoms with Gasteiger partial charge in [0.2, 0.25) is 0 Å². The van der Waals surface area contributed by atoms with E-state index >= 15 is 0 Å². The van der Waals surface area contributed by atoms with Crippen LogP contribution in [-0.4, -0.2) is 7.85 Å². The summed E-state index contributed by atoms with van der Waals surface area (Å²) in [5, 5.41) is 5.06. The van der Waals surface area contributed by atoms with Gasteiger partial charge >= 0.3 is 0 Å².